The summed E-state index contributed by atoms with van der Waals surface area (Å²) >= 11 is 3.30. The monoisotopic (exact) mass is 465 g/mol. The molecule has 0 aliphatic heterocycles. The minimum absolute atomic E-state index is 0.0117. The number of amides is 2. The van der Waals surface area contributed by atoms with Gasteiger partial charge in [-0.2, -0.15) is 0 Å². The lowest BCUT2D eigenvalue weighted by Crippen LogP contribution is -2.28. The third-order valence-electron chi connectivity index (χ3n) is 4.07. The lowest BCUT2D eigenvalue weighted by atomic mass is 10.2. The van der Waals surface area contributed by atoms with Crippen LogP contribution in [0.1, 0.15) is 29.6 Å². The zero-order valence-corrected chi connectivity index (χ0v) is 17.3. The van der Waals surface area contributed by atoms with Gasteiger partial charge in [0, 0.05) is 34.7 Å². The molecule has 0 spiro atoms. The highest BCUT2D eigenvalue weighted by Gasteiger charge is 2.28. The lowest BCUT2D eigenvalue weighted by Gasteiger charge is -2.09. The first kappa shape index (κ1) is 20.5. The Labute approximate surface area is 172 Å². The number of halogens is 1. The second kappa shape index (κ2) is 8.85. The van der Waals surface area contributed by atoms with Gasteiger partial charge in [0.15, 0.2) is 0 Å². The van der Waals surface area contributed by atoms with E-state index in [2.05, 4.69) is 31.3 Å². The van der Waals surface area contributed by atoms with Crippen LogP contribution in [-0.2, 0) is 14.8 Å². The molecule has 1 aliphatic carbocycles. The SMILES string of the molecule is O=C(CCNC(=O)c1ccc(Br)cc1)Nc1cccc(S(=O)(=O)NC2CC2)c1. The summed E-state index contributed by atoms with van der Waals surface area (Å²) in [6, 6.07) is 13.0. The van der Waals surface area contributed by atoms with Crippen molar-refractivity contribution in [3.8, 4) is 0 Å². The average molecular weight is 466 g/mol. The van der Waals surface area contributed by atoms with E-state index >= 15 is 0 Å². The predicted molar refractivity (Wildman–Crippen MR) is 110 cm³/mol. The van der Waals surface area contributed by atoms with Crippen molar-refractivity contribution in [2.24, 2.45) is 0 Å². The van der Waals surface area contributed by atoms with Gasteiger partial charge in [0.1, 0.15) is 0 Å². The number of benzene rings is 2. The largest absolute Gasteiger partial charge is 0.352 e. The highest BCUT2D eigenvalue weighted by atomic mass is 79.9. The van der Waals surface area contributed by atoms with Crippen LogP contribution in [0.3, 0.4) is 0 Å². The third kappa shape index (κ3) is 5.88. The summed E-state index contributed by atoms with van der Waals surface area (Å²) < 4.78 is 28.0. The molecule has 28 heavy (non-hydrogen) atoms. The third-order valence-corrected chi connectivity index (χ3v) is 6.12. The molecule has 2 amide bonds. The van der Waals surface area contributed by atoms with Gasteiger partial charge >= 0.3 is 0 Å². The molecule has 0 radical (unpaired) electrons. The van der Waals surface area contributed by atoms with Crippen LogP contribution in [0.5, 0.6) is 0 Å². The Morgan fingerprint density at radius 1 is 1.07 bits per heavy atom. The number of hydrogen-bond donors (Lipinski definition) is 3. The highest BCUT2D eigenvalue weighted by molar-refractivity contribution is 9.10. The number of carbonyl (C=O) groups excluding carboxylic acids is 2. The van der Waals surface area contributed by atoms with Crippen LogP contribution in [0.25, 0.3) is 0 Å². The van der Waals surface area contributed by atoms with E-state index < -0.39 is 10.0 Å². The molecule has 148 valence electrons. The molecular formula is C19H20BrN3O4S. The van der Waals surface area contributed by atoms with Crippen molar-refractivity contribution < 1.29 is 18.0 Å². The van der Waals surface area contributed by atoms with Crippen LogP contribution in [0.4, 0.5) is 5.69 Å². The maximum Gasteiger partial charge on any atom is 0.251 e. The van der Waals surface area contributed by atoms with Gasteiger partial charge in [-0.05, 0) is 55.3 Å². The molecular weight excluding hydrogens is 446 g/mol. The summed E-state index contributed by atoms with van der Waals surface area (Å²) in [7, 11) is -3.58. The molecule has 9 heteroatoms. The predicted octanol–water partition coefficient (Wildman–Crippen LogP) is 2.65. The van der Waals surface area contributed by atoms with E-state index in [1.54, 1.807) is 36.4 Å². The molecule has 0 bridgehead atoms. The van der Waals surface area contributed by atoms with Gasteiger partial charge in [0.25, 0.3) is 5.91 Å². The molecule has 1 saturated carbocycles. The summed E-state index contributed by atoms with van der Waals surface area (Å²) in [5.41, 5.74) is 0.896. The molecule has 2 aromatic rings. The van der Waals surface area contributed by atoms with Gasteiger partial charge < -0.3 is 10.6 Å². The quantitative estimate of drug-likeness (QED) is 0.557. The smallest absolute Gasteiger partial charge is 0.251 e. The fourth-order valence-electron chi connectivity index (χ4n) is 2.45. The van der Waals surface area contributed by atoms with Crippen molar-refractivity contribution in [3.63, 3.8) is 0 Å². The van der Waals surface area contributed by atoms with Crippen LogP contribution >= 0.6 is 15.9 Å². The van der Waals surface area contributed by atoms with Crippen LogP contribution in [0.2, 0.25) is 0 Å². The van der Waals surface area contributed by atoms with Gasteiger partial charge in [0.2, 0.25) is 15.9 Å². The van der Waals surface area contributed by atoms with Crippen LogP contribution in [-0.4, -0.2) is 32.8 Å². The van der Waals surface area contributed by atoms with Gasteiger partial charge in [-0.15, -0.1) is 0 Å². The Balaban J connectivity index is 1.50. The van der Waals surface area contributed by atoms with Crippen molar-refractivity contribution in [2.75, 3.05) is 11.9 Å². The van der Waals surface area contributed by atoms with Gasteiger partial charge in [-0.1, -0.05) is 22.0 Å². The second-order valence-corrected chi connectivity index (χ2v) is 9.11. The van der Waals surface area contributed by atoms with Crippen molar-refractivity contribution in [1.29, 1.82) is 0 Å². The summed E-state index contributed by atoms with van der Waals surface area (Å²) in [5.74, 6) is -0.583. The lowest BCUT2D eigenvalue weighted by molar-refractivity contribution is -0.116. The first-order valence-corrected chi connectivity index (χ1v) is 11.1. The molecule has 0 saturated heterocycles. The summed E-state index contributed by atoms with van der Waals surface area (Å²) in [5, 5.41) is 5.33. The number of carbonyl (C=O) groups is 2. The van der Waals surface area contributed by atoms with Crippen molar-refractivity contribution in [1.82, 2.24) is 10.0 Å². The Kier molecular flexibility index (Phi) is 6.48. The Morgan fingerprint density at radius 2 is 1.79 bits per heavy atom. The van der Waals surface area contributed by atoms with E-state index in [0.29, 0.717) is 11.3 Å². The fraction of sp³-hybridized carbons (Fsp3) is 0.263. The van der Waals surface area contributed by atoms with Crippen LogP contribution < -0.4 is 15.4 Å². The molecule has 0 aromatic heterocycles. The summed E-state index contributed by atoms with van der Waals surface area (Å²) in [4.78, 5) is 24.2. The van der Waals surface area contributed by atoms with Gasteiger partial charge in [-0.25, -0.2) is 13.1 Å². The number of sulfonamides is 1. The van der Waals surface area contributed by atoms with Crippen LogP contribution in [0, 0.1) is 0 Å². The molecule has 7 nitrogen and oxygen atoms in total. The van der Waals surface area contributed by atoms with E-state index in [1.165, 1.54) is 12.1 Å². The summed E-state index contributed by atoms with van der Waals surface area (Å²) in [6.45, 7) is 0.169. The molecule has 0 unspecified atom stereocenters. The molecule has 1 fully saturated rings. The highest BCUT2D eigenvalue weighted by Crippen LogP contribution is 2.23. The zero-order chi connectivity index (χ0) is 20.1. The average Bonchev–Trinajstić information content (AvgIpc) is 3.45. The first-order valence-electron chi connectivity index (χ1n) is 8.79. The number of anilines is 1. The van der Waals surface area contributed by atoms with Gasteiger partial charge in [-0.3, -0.25) is 9.59 Å². The Hall–Kier alpha value is -2.23. The van der Waals surface area contributed by atoms with Crippen molar-refractivity contribution in [2.45, 2.75) is 30.2 Å². The maximum absolute atomic E-state index is 12.2. The molecule has 1 aliphatic rings. The number of rotatable bonds is 8. The number of nitrogens with one attached hydrogen (secondary N) is 3. The van der Waals surface area contributed by atoms with E-state index in [4.69, 9.17) is 0 Å². The Morgan fingerprint density at radius 3 is 2.46 bits per heavy atom. The molecule has 0 atom stereocenters. The first-order chi connectivity index (χ1) is 13.3. The van der Waals surface area contributed by atoms with E-state index in [-0.39, 0.29) is 35.7 Å². The Bertz CT molecular complexity index is 973. The topological polar surface area (TPSA) is 104 Å². The fourth-order valence-corrected chi connectivity index (χ4v) is 4.06. The second-order valence-electron chi connectivity index (χ2n) is 6.48. The minimum Gasteiger partial charge on any atom is -0.352 e. The molecule has 0 heterocycles. The zero-order valence-electron chi connectivity index (χ0n) is 14.9. The van der Waals surface area contributed by atoms with Gasteiger partial charge in [0.05, 0.1) is 4.90 Å². The molecule has 3 N–H and O–H groups in total. The standard InChI is InChI=1S/C19H20BrN3O4S/c20-14-6-4-13(5-7-14)19(25)21-11-10-18(24)22-16-2-1-3-17(12-16)28(26,27)23-15-8-9-15/h1-7,12,15,23H,8-11H2,(H,21,25)(H,22,24). The molecule has 2 aromatic carbocycles. The minimum atomic E-state index is -3.58. The van der Waals surface area contributed by atoms with Crippen LogP contribution in [0.15, 0.2) is 57.9 Å². The molecule has 3 rings (SSSR count). The van der Waals surface area contributed by atoms with Crippen molar-refractivity contribution >= 4 is 43.5 Å². The van der Waals surface area contributed by atoms with E-state index in [1.807, 2.05) is 0 Å². The summed E-state index contributed by atoms with van der Waals surface area (Å²) in [6.07, 6.45) is 1.77. The van der Waals surface area contributed by atoms with Crippen molar-refractivity contribution in [3.05, 3.63) is 58.6 Å². The normalized spacial score (nSPS) is 13.8. The van der Waals surface area contributed by atoms with E-state index in [9.17, 15) is 18.0 Å². The number of hydrogen-bond acceptors (Lipinski definition) is 4. The van der Waals surface area contributed by atoms with E-state index in [0.717, 1.165) is 17.3 Å². The maximum atomic E-state index is 12.2.